The number of hydrogen-bond donors (Lipinski definition) is 2. The number of piperidine rings is 1. The third kappa shape index (κ3) is 3.61. The van der Waals surface area contributed by atoms with Gasteiger partial charge in [0.1, 0.15) is 12.0 Å². The van der Waals surface area contributed by atoms with Crippen molar-refractivity contribution in [3.8, 4) is 0 Å². The quantitative estimate of drug-likeness (QED) is 0.850. The lowest BCUT2D eigenvalue weighted by Crippen LogP contribution is -2.47. The fourth-order valence-corrected chi connectivity index (χ4v) is 3.77. The van der Waals surface area contributed by atoms with Gasteiger partial charge in [0, 0.05) is 24.5 Å². The van der Waals surface area contributed by atoms with Crippen molar-refractivity contribution in [1.82, 2.24) is 15.2 Å². The summed E-state index contributed by atoms with van der Waals surface area (Å²) in [5.74, 6) is -1.93. The Morgan fingerprint density at radius 1 is 1.30 bits per heavy atom. The second-order valence-corrected chi connectivity index (χ2v) is 6.99. The van der Waals surface area contributed by atoms with Crippen LogP contribution < -0.4 is 10.6 Å². The molecule has 2 aliphatic rings. The minimum Gasteiger partial charge on any atom is -0.460 e. The van der Waals surface area contributed by atoms with Crippen LogP contribution in [0.4, 0.5) is 18.9 Å². The monoisotopic (exact) mass is 382 g/mol. The Bertz CT molecular complexity index is 883. The van der Waals surface area contributed by atoms with E-state index in [1.807, 2.05) is 0 Å². The van der Waals surface area contributed by atoms with Gasteiger partial charge in [0.25, 0.3) is 5.91 Å². The lowest BCUT2D eigenvalue weighted by molar-refractivity contribution is -0.167. The van der Waals surface area contributed by atoms with Gasteiger partial charge in [-0.15, -0.1) is 0 Å². The number of rotatable bonds is 3. The average molecular weight is 382 g/mol. The van der Waals surface area contributed by atoms with Gasteiger partial charge in [-0.3, -0.25) is 9.59 Å². The highest BCUT2D eigenvalue weighted by atomic mass is 19.4. The standard InChI is InChI=1S/C17H17F3N4O3/c18-17(19,20)16(26)23-13-8-27-14-5-21-12(4-11(13)14)15(25)22-10-3-9-1-2-24(6-9)7-10/h4-5,8-10H,1-3,6-7H2,(H,22,25)(H,23,26)/t9-,10+/m0/s1. The average Bonchev–Trinajstić information content (AvgIpc) is 3.16. The molecule has 2 aliphatic heterocycles. The number of anilines is 1. The number of pyridine rings is 1. The van der Waals surface area contributed by atoms with Gasteiger partial charge in [-0.05, 0) is 31.4 Å². The highest BCUT2D eigenvalue weighted by molar-refractivity contribution is 6.04. The molecule has 0 spiro atoms. The number of alkyl halides is 3. The smallest absolute Gasteiger partial charge is 0.460 e. The Morgan fingerprint density at radius 3 is 2.85 bits per heavy atom. The van der Waals surface area contributed by atoms with E-state index in [1.165, 1.54) is 12.3 Å². The molecule has 0 aliphatic carbocycles. The summed E-state index contributed by atoms with van der Waals surface area (Å²) in [5.41, 5.74) is 0.0655. The zero-order valence-electron chi connectivity index (χ0n) is 14.2. The molecule has 4 rings (SSSR count). The normalized spacial score (nSPS) is 24.8. The minimum atomic E-state index is -5.02. The first kappa shape index (κ1) is 17.8. The van der Waals surface area contributed by atoms with Gasteiger partial charge in [0.05, 0.1) is 11.9 Å². The molecule has 2 amide bonds. The molecular formula is C17H17F3N4O3. The predicted octanol–water partition coefficient (Wildman–Crippen LogP) is 2.15. The highest BCUT2D eigenvalue weighted by Crippen LogP contribution is 2.29. The summed E-state index contributed by atoms with van der Waals surface area (Å²) in [5, 5.41) is 4.87. The number of amides is 2. The first-order valence-corrected chi connectivity index (χ1v) is 8.58. The molecule has 2 fully saturated rings. The summed E-state index contributed by atoms with van der Waals surface area (Å²) in [7, 11) is 0. The van der Waals surface area contributed by atoms with Crippen LogP contribution in [0.25, 0.3) is 11.0 Å². The number of halogens is 3. The largest absolute Gasteiger partial charge is 0.471 e. The molecule has 10 heteroatoms. The van der Waals surface area contributed by atoms with Crippen LogP contribution in [0.5, 0.6) is 0 Å². The van der Waals surface area contributed by atoms with Gasteiger partial charge < -0.3 is 20.0 Å². The second-order valence-electron chi connectivity index (χ2n) is 6.99. The van der Waals surface area contributed by atoms with Crippen LogP contribution >= 0.6 is 0 Å². The van der Waals surface area contributed by atoms with Crippen LogP contribution in [0.1, 0.15) is 23.3 Å². The molecule has 4 heterocycles. The first-order valence-electron chi connectivity index (χ1n) is 8.58. The topological polar surface area (TPSA) is 87.5 Å². The molecule has 2 N–H and O–H groups in total. The lowest BCUT2D eigenvalue weighted by Gasteiger charge is -2.30. The van der Waals surface area contributed by atoms with E-state index < -0.39 is 18.0 Å². The Labute approximate surface area is 151 Å². The van der Waals surface area contributed by atoms with Gasteiger partial charge in [-0.2, -0.15) is 13.2 Å². The van der Waals surface area contributed by atoms with Crippen LogP contribution in [0.3, 0.4) is 0 Å². The molecule has 0 radical (unpaired) electrons. The molecule has 0 saturated carbocycles. The summed E-state index contributed by atoms with van der Waals surface area (Å²) in [6.07, 6.45) is -0.741. The van der Waals surface area contributed by atoms with Crippen molar-refractivity contribution in [3.05, 3.63) is 24.2 Å². The minimum absolute atomic E-state index is 0.0185. The third-order valence-electron chi connectivity index (χ3n) is 5.00. The lowest BCUT2D eigenvalue weighted by atomic mass is 9.97. The van der Waals surface area contributed by atoms with Crippen molar-refractivity contribution >= 4 is 28.5 Å². The molecule has 7 nitrogen and oxygen atoms in total. The number of furan rings is 1. The summed E-state index contributed by atoms with van der Waals surface area (Å²) < 4.78 is 42.5. The van der Waals surface area contributed by atoms with Crippen molar-refractivity contribution in [2.75, 3.05) is 25.0 Å². The van der Waals surface area contributed by atoms with Gasteiger partial charge in [0.2, 0.25) is 0 Å². The fourth-order valence-electron chi connectivity index (χ4n) is 3.77. The number of carbonyl (C=O) groups is 2. The number of aromatic nitrogens is 1. The van der Waals surface area contributed by atoms with Gasteiger partial charge in [-0.1, -0.05) is 0 Å². The van der Waals surface area contributed by atoms with E-state index in [1.54, 1.807) is 5.32 Å². The van der Waals surface area contributed by atoms with Crippen LogP contribution in [0.15, 0.2) is 22.9 Å². The Balaban J connectivity index is 1.51. The summed E-state index contributed by atoms with van der Waals surface area (Å²) >= 11 is 0. The van der Waals surface area contributed by atoms with E-state index in [-0.39, 0.29) is 28.4 Å². The molecule has 3 atom stereocenters. The van der Waals surface area contributed by atoms with Crippen LogP contribution in [0, 0.1) is 5.92 Å². The summed E-state index contributed by atoms with van der Waals surface area (Å²) in [6, 6.07) is 1.34. The molecule has 27 heavy (non-hydrogen) atoms. The molecule has 1 unspecified atom stereocenters. The molecule has 2 aromatic heterocycles. The number of carbonyl (C=O) groups excluding carboxylic acids is 2. The second kappa shape index (κ2) is 6.52. The number of hydrogen-bond acceptors (Lipinski definition) is 5. The molecule has 144 valence electrons. The molecule has 0 aromatic carbocycles. The first-order chi connectivity index (χ1) is 12.8. The van der Waals surface area contributed by atoms with Crippen molar-refractivity contribution < 1.29 is 27.2 Å². The van der Waals surface area contributed by atoms with Crippen molar-refractivity contribution in [1.29, 1.82) is 0 Å². The Kier molecular flexibility index (Phi) is 4.29. The van der Waals surface area contributed by atoms with Crippen molar-refractivity contribution in [2.45, 2.75) is 25.1 Å². The van der Waals surface area contributed by atoms with Crippen molar-refractivity contribution in [3.63, 3.8) is 0 Å². The van der Waals surface area contributed by atoms with Gasteiger partial charge >= 0.3 is 12.1 Å². The zero-order chi connectivity index (χ0) is 19.2. The maximum atomic E-state index is 12.5. The van der Waals surface area contributed by atoms with Crippen molar-refractivity contribution in [2.24, 2.45) is 5.92 Å². The Hall–Kier alpha value is -2.62. The fraction of sp³-hybridized carbons (Fsp3) is 0.471. The van der Waals surface area contributed by atoms with E-state index >= 15 is 0 Å². The third-order valence-corrected chi connectivity index (χ3v) is 5.00. The Morgan fingerprint density at radius 2 is 2.11 bits per heavy atom. The van der Waals surface area contributed by atoms with E-state index in [0.29, 0.717) is 5.92 Å². The number of nitrogens with one attached hydrogen (secondary N) is 2. The van der Waals surface area contributed by atoms with Gasteiger partial charge in [0.15, 0.2) is 5.58 Å². The highest BCUT2D eigenvalue weighted by Gasteiger charge is 2.39. The van der Waals surface area contributed by atoms with E-state index in [4.69, 9.17) is 4.42 Å². The van der Waals surface area contributed by atoms with E-state index in [2.05, 4.69) is 15.2 Å². The zero-order valence-corrected chi connectivity index (χ0v) is 14.2. The van der Waals surface area contributed by atoms with Crippen LogP contribution in [0.2, 0.25) is 0 Å². The van der Waals surface area contributed by atoms with E-state index in [0.717, 1.165) is 38.7 Å². The SMILES string of the molecule is O=C(N[C@@H]1C[C@@H]2CCN(C2)C1)c1cc2c(NC(=O)C(F)(F)F)coc2cn1. The summed E-state index contributed by atoms with van der Waals surface area (Å²) in [6.45, 7) is 2.88. The molecular weight excluding hydrogens is 365 g/mol. The maximum Gasteiger partial charge on any atom is 0.471 e. The predicted molar refractivity (Wildman–Crippen MR) is 89.1 cm³/mol. The summed E-state index contributed by atoms with van der Waals surface area (Å²) in [4.78, 5) is 30.0. The van der Waals surface area contributed by atoms with Crippen LogP contribution in [-0.4, -0.2) is 53.6 Å². The van der Waals surface area contributed by atoms with E-state index in [9.17, 15) is 22.8 Å². The molecule has 2 saturated heterocycles. The van der Waals surface area contributed by atoms with Crippen LogP contribution in [-0.2, 0) is 4.79 Å². The maximum absolute atomic E-state index is 12.5. The molecule has 2 aromatic rings. The van der Waals surface area contributed by atoms with Gasteiger partial charge in [-0.25, -0.2) is 4.98 Å². The molecule has 2 bridgehead atoms. The number of fused-ring (bicyclic) bond motifs is 3. The number of nitrogens with zero attached hydrogens (tertiary/aromatic N) is 2.